The summed E-state index contributed by atoms with van der Waals surface area (Å²) in [5.74, 6) is 2.11. The molecule has 8 nitrogen and oxygen atoms in total. The molecule has 118 valence electrons. The van der Waals surface area contributed by atoms with Crippen molar-refractivity contribution >= 4 is 11.9 Å². The highest BCUT2D eigenvalue weighted by Crippen LogP contribution is 1.97. The third kappa shape index (κ3) is 5.80. The molecule has 0 radical (unpaired) electrons. The number of rotatable bonds is 4. The Morgan fingerprint density at radius 3 is 2.43 bits per heavy atom. The van der Waals surface area contributed by atoms with Crippen molar-refractivity contribution in [2.45, 2.75) is 39.8 Å². The fourth-order valence-electron chi connectivity index (χ4n) is 1.61. The van der Waals surface area contributed by atoms with Gasteiger partial charge in [0.25, 0.3) is 0 Å². The minimum absolute atomic E-state index is 0.0834. The fraction of sp³-hybridized carbons (Fsp3) is 0.692. The van der Waals surface area contributed by atoms with Crippen molar-refractivity contribution in [1.29, 1.82) is 0 Å². The van der Waals surface area contributed by atoms with Gasteiger partial charge in [-0.15, -0.1) is 10.2 Å². The van der Waals surface area contributed by atoms with E-state index in [1.807, 2.05) is 39.3 Å². The summed E-state index contributed by atoms with van der Waals surface area (Å²) >= 11 is 0. The number of guanidine groups is 1. The molecule has 3 N–H and O–H groups in total. The zero-order valence-electron chi connectivity index (χ0n) is 13.6. The van der Waals surface area contributed by atoms with Crippen LogP contribution in [0.1, 0.15) is 32.4 Å². The third-order valence-electron chi connectivity index (χ3n) is 2.75. The Bertz CT molecular complexity index is 513. The monoisotopic (exact) mass is 295 g/mol. The molecule has 1 aromatic heterocycles. The van der Waals surface area contributed by atoms with Gasteiger partial charge in [-0.1, -0.05) is 0 Å². The number of nitrogens with zero attached hydrogens (tertiary/aromatic N) is 4. The maximum atomic E-state index is 11.7. The van der Waals surface area contributed by atoms with Crippen molar-refractivity contribution < 1.29 is 4.79 Å². The Labute approximate surface area is 125 Å². The molecule has 0 aliphatic carbocycles. The molecule has 0 aliphatic rings. The molecule has 0 aromatic carbocycles. The van der Waals surface area contributed by atoms with Crippen molar-refractivity contribution in [3.8, 4) is 0 Å². The smallest absolute Gasteiger partial charge is 0.239 e. The van der Waals surface area contributed by atoms with Crippen molar-refractivity contribution in [3.63, 3.8) is 0 Å². The Morgan fingerprint density at radius 1 is 1.29 bits per heavy atom. The first-order valence-corrected chi connectivity index (χ1v) is 6.83. The molecule has 0 saturated carbocycles. The minimum atomic E-state index is -0.244. The standard InChI is InChI=1S/C13H25N7O/c1-9-18-19-10(20(9)6)7-15-12(14-5)16-8-11(21)17-13(2,3)4/h7-8H2,1-6H3,(H,17,21)(H2,14,15,16). The lowest BCUT2D eigenvalue weighted by Gasteiger charge is -2.21. The van der Waals surface area contributed by atoms with Crippen LogP contribution in [0.5, 0.6) is 0 Å². The predicted octanol–water partition coefficient (Wildman–Crippen LogP) is -0.297. The Balaban J connectivity index is 2.43. The number of aryl methyl sites for hydroxylation is 1. The van der Waals surface area contributed by atoms with Gasteiger partial charge in [-0.2, -0.15) is 0 Å². The summed E-state index contributed by atoms with van der Waals surface area (Å²) in [5.41, 5.74) is -0.244. The first-order valence-electron chi connectivity index (χ1n) is 6.83. The lowest BCUT2D eigenvalue weighted by molar-refractivity contribution is -0.121. The van der Waals surface area contributed by atoms with Gasteiger partial charge in [0.05, 0.1) is 13.1 Å². The molecule has 0 spiro atoms. The molecule has 21 heavy (non-hydrogen) atoms. The zero-order valence-corrected chi connectivity index (χ0v) is 13.6. The Kier molecular flexibility index (Phi) is 5.69. The van der Waals surface area contributed by atoms with Crippen molar-refractivity contribution in [2.24, 2.45) is 12.0 Å². The first kappa shape index (κ1) is 16.9. The second-order valence-corrected chi connectivity index (χ2v) is 5.80. The van der Waals surface area contributed by atoms with E-state index in [-0.39, 0.29) is 18.0 Å². The highest BCUT2D eigenvalue weighted by Gasteiger charge is 2.13. The van der Waals surface area contributed by atoms with Crippen LogP contribution in [0, 0.1) is 6.92 Å². The molecule has 0 atom stereocenters. The SMILES string of the molecule is CN=C(NCC(=O)NC(C)(C)C)NCc1nnc(C)n1C. The number of hydrogen-bond acceptors (Lipinski definition) is 4. The van der Waals surface area contributed by atoms with E-state index in [1.165, 1.54) is 0 Å². The van der Waals surface area contributed by atoms with E-state index in [0.29, 0.717) is 12.5 Å². The molecular formula is C13H25N7O. The van der Waals surface area contributed by atoms with Gasteiger partial charge in [0.2, 0.25) is 5.91 Å². The molecule has 1 heterocycles. The van der Waals surface area contributed by atoms with Gasteiger partial charge in [0, 0.05) is 19.6 Å². The Hall–Kier alpha value is -2.12. The average Bonchev–Trinajstić information content (AvgIpc) is 2.68. The quantitative estimate of drug-likeness (QED) is 0.524. The summed E-state index contributed by atoms with van der Waals surface area (Å²) < 4.78 is 1.90. The summed E-state index contributed by atoms with van der Waals surface area (Å²) in [6.45, 7) is 8.35. The van der Waals surface area contributed by atoms with E-state index in [9.17, 15) is 4.79 Å². The molecule has 8 heteroatoms. The number of aromatic nitrogens is 3. The fourth-order valence-corrected chi connectivity index (χ4v) is 1.61. The van der Waals surface area contributed by atoms with Gasteiger partial charge in [-0.25, -0.2) is 0 Å². The number of aliphatic imine (C=N–C) groups is 1. The van der Waals surface area contributed by atoms with Crippen LogP contribution in [0.25, 0.3) is 0 Å². The predicted molar refractivity (Wildman–Crippen MR) is 81.8 cm³/mol. The molecule has 1 aromatic rings. The van der Waals surface area contributed by atoms with E-state index in [4.69, 9.17) is 0 Å². The lowest BCUT2D eigenvalue weighted by atomic mass is 10.1. The number of carbonyl (C=O) groups is 1. The first-order chi connectivity index (χ1) is 9.73. The summed E-state index contributed by atoms with van der Waals surface area (Å²) in [5, 5.41) is 17.0. The summed E-state index contributed by atoms with van der Waals surface area (Å²) in [6.07, 6.45) is 0. The van der Waals surface area contributed by atoms with Gasteiger partial charge in [-0.3, -0.25) is 9.79 Å². The second-order valence-electron chi connectivity index (χ2n) is 5.80. The van der Waals surface area contributed by atoms with E-state index in [2.05, 4.69) is 31.1 Å². The lowest BCUT2D eigenvalue weighted by Crippen LogP contribution is -2.48. The largest absolute Gasteiger partial charge is 0.350 e. The van der Waals surface area contributed by atoms with Crippen LogP contribution in [0.2, 0.25) is 0 Å². The van der Waals surface area contributed by atoms with Gasteiger partial charge in [0.15, 0.2) is 11.8 Å². The van der Waals surface area contributed by atoms with Crippen LogP contribution < -0.4 is 16.0 Å². The number of hydrogen-bond donors (Lipinski definition) is 3. The van der Waals surface area contributed by atoms with Crippen LogP contribution in [-0.4, -0.2) is 45.8 Å². The molecule has 1 amide bonds. The van der Waals surface area contributed by atoms with Crippen LogP contribution >= 0.6 is 0 Å². The van der Waals surface area contributed by atoms with Gasteiger partial charge < -0.3 is 20.5 Å². The molecular weight excluding hydrogens is 270 g/mol. The minimum Gasteiger partial charge on any atom is -0.350 e. The van der Waals surface area contributed by atoms with E-state index in [1.54, 1.807) is 7.05 Å². The van der Waals surface area contributed by atoms with E-state index < -0.39 is 0 Å². The summed E-state index contributed by atoms with van der Waals surface area (Å²) in [6, 6.07) is 0. The van der Waals surface area contributed by atoms with Gasteiger partial charge in [0.1, 0.15) is 5.82 Å². The zero-order chi connectivity index (χ0) is 16.0. The van der Waals surface area contributed by atoms with Crippen LogP contribution in [0.15, 0.2) is 4.99 Å². The molecule has 0 aliphatic heterocycles. The summed E-state index contributed by atoms with van der Waals surface area (Å²) in [4.78, 5) is 15.8. The van der Waals surface area contributed by atoms with E-state index in [0.717, 1.165) is 11.6 Å². The van der Waals surface area contributed by atoms with Crippen molar-refractivity contribution in [2.75, 3.05) is 13.6 Å². The van der Waals surface area contributed by atoms with Crippen LogP contribution in [0.4, 0.5) is 0 Å². The summed E-state index contributed by atoms with van der Waals surface area (Å²) in [7, 11) is 3.55. The van der Waals surface area contributed by atoms with Crippen LogP contribution in [-0.2, 0) is 18.4 Å². The van der Waals surface area contributed by atoms with E-state index >= 15 is 0 Å². The van der Waals surface area contributed by atoms with Gasteiger partial charge in [-0.05, 0) is 27.7 Å². The molecule has 1 rings (SSSR count). The third-order valence-corrected chi connectivity index (χ3v) is 2.75. The van der Waals surface area contributed by atoms with Gasteiger partial charge >= 0.3 is 0 Å². The number of nitrogens with one attached hydrogen (secondary N) is 3. The maximum Gasteiger partial charge on any atom is 0.239 e. The molecule has 0 unspecified atom stereocenters. The second kappa shape index (κ2) is 7.05. The highest BCUT2D eigenvalue weighted by atomic mass is 16.2. The van der Waals surface area contributed by atoms with Crippen LogP contribution in [0.3, 0.4) is 0 Å². The molecule has 0 bridgehead atoms. The number of amides is 1. The normalized spacial score (nSPS) is 12.2. The van der Waals surface area contributed by atoms with Crippen molar-refractivity contribution in [1.82, 2.24) is 30.7 Å². The Morgan fingerprint density at radius 2 is 1.95 bits per heavy atom. The molecule has 0 saturated heterocycles. The van der Waals surface area contributed by atoms with Crippen molar-refractivity contribution in [3.05, 3.63) is 11.6 Å². The number of carbonyl (C=O) groups excluding carboxylic acids is 1. The topological polar surface area (TPSA) is 96.2 Å². The average molecular weight is 295 g/mol. The molecule has 0 fully saturated rings. The highest BCUT2D eigenvalue weighted by molar-refractivity contribution is 5.86. The maximum absolute atomic E-state index is 11.7.